The van der Waals surface area contributed by atoms with Crippen LogP contribution in [-0.4, -0.2) is 24.4 Å². The van der Waals surface area contributed by atoms with Crippen molar-refractivity contribution in [3.8, 4) is 5.69 Å². The Balaban J connectivity index is 2.52. The van der Waals surface area contributed by atoms with Gasteiger partial charge in [0.15, 0.2) is 0 Å². The van der Waals surface area contributed by atoms with Crippen molar-refractivity contribution in [3.63, 3.8) is 0 Å². The largest absolute Gasteiger partial charge is 0.411 e. The Hall–Kier alpha value is -2.12. The fourth-order valence-corrected chi connectivity index (χ4v) is 2.68. The van der Waals surface area contributed by atoms with Gasteiger partial charge in [-0.15, -0.1) is 0 Å². The number of hydrogen-bond acceptors (Lipinski definition) is 4. The molecule has 0 aliphatic carbocycles. The van der Waals surface area contributed by atoms with Crippen LogP contribution >= 0.6 is 0 Å². The number of aryl methyl sites for hydroxylation is 1. The SMILES string of the molecule is Cc1cc(/C=N\O)c(C)n1-c1ccc(S(N)(=O)=O)cc1. The predicted octanol–water partition coefficient (Wildman–Crippen LogP) is 1.55. The number of benzene rings is 1. The molecule has 0 radical (unpaired) electrons. The van der Waals surface area contributed by atoms with Crippen LogP contribution in [0.25, 0.3) is 5.69 Å². The fraction of sp³-hybridized carbons (Fsp3) is 0.154. The van der Waals surface area contributed by atoms with Crippen molar-refractivity contribution in [2.24, 2.45) is 10.3 Å². The van der Waals surface area contributed by atoms with Crippen molar-refractivity contribution in [1.29, 1.82) is 0 Å². The van der Waals surface area contributed by atoms with Gasteiger partial charge in [-0.3, -0.25) is 0 Å². The Labute approximate surface area is 117 Å². The highest BCUT2D eigenvalue weighted by molar-refractivity contribution is 7.89. The van der Waals surface area contributed by atoms with E-state index in [4.69, 9.17) is 10.3 Å². The van der Waals surface area contributed by atoms with Crippen LogP contribution in [0.4, 0.5) is 0 Å². The van der Waals surface area contributed by atoms with Gasteiger partial charge in [-0.25, -0.2) is 13.6 Å². The maximum atomic E-state index is 11.2. The molecule has 7 heteroatoms. The normalized spacial score (nSPS) is 12.2. The molecular weight excluding hydrogens is 278 g/mol. The number of nitrogens with zero attached hydrogens (tertiary/aromatic N) is 2. The number of aromatic nitrogens is 1. The summed E-state index contributed by atoms with van der Waals surface area (Å²) in [6.45, 7) is 3.80. The Kier molecular flexibility index (Phi) is 3.65. The summed E-state index contributed by atoms with van der Waals surface area (Å²) in [5.41, 5.74) is 3.44. The first-order valence-corrected chi connectivity index (χ1v) is 7.39. The molecule has 2 rings (SSSR count). The highest BCUT2D eigenvalue weighted by Gasteiger charge is 2.11. The lowest BCUT2D eigenvalue weighted by molar-refractivity contribution is 0.322. The smallest absolute Gasteiger partial charge is 0.238 e. The third kappa shape index (κ3) is 2.59. The van der Waals surface area contributed by atoms with Gasteiger partial charge < -0.3 is 9.77 Å². The Morgan fingerprint density at radius 3 is 2.35 bits per heavy atom. The van der Waals surface area contributed by atoms with Gasteiger partial charge in [0, 0.05) is 22.6 Å². The third-order valence-electron chi connectivity index (χ3n) is 3.09. The maximum Gasteiger partial charge on any atom is 0.238 e. The van der Waals surface area contributed by atoms with Crippen LogP contribution in [0.1, 0.15) is 17.0 Å². The van der Waals surface area contributed by atoms with E-state index in [0.29, 0.717) is 0 Å². The second-order valence-corrected chi connectivity index (χ2v) is 6.01. The van der Waals surface area contributed by atoms with Crippen molar-refractivity contribution in [1.82, 2.24) is 4.57 Å². The number of rotatable bonds is 3. The van der Waals surface area contributed by atoms with E-state index >= 15 is 0 Å². The molecule has 3 N–H and O–H groups in total. The molecule has 0 saturated heterocycles. The van der Waals surface area contributed by atoms with E-state index in [9.17, 15) is 8.42 Å². The summed E-state index contributed by atoms with van der Waals surface area (Å²) in [5.74, 6) is 0. The first-order valence-electron chi connectivity index (χ1n) is 5.84. The molecule has 0 fully saturated rings. The van der Waals surface area contributed by atoms with Crippen molar-refractivity contribution in [2.45, 2.75) is 18.7 Å². The summed E-state index contributed by atoms with van der Waals surface area (Å²) >= 11 is 0. The van der Waals surface area contributed by atoms with E-state index in [-0.39, 0.29) is 4.90 Å². The van der Waals surface area contributed by atoms with E-state index in [1.54, 1.807) is 12.1 Å². The monoisotopic (exact) mass is 293 g/mol. The van der Waals surface area contributed by atoms with E-state index < -0.39 is 10.0 Å². The van der Waals surface area contributed by atoms with Gasteiger partial charge >= 0.3 is 0 Å². The Morgan fingerprint density at radius 1 is 1.25 bits per heavy atom. The first-order chi connectivity index (χ1) is 9.34. The highest BCUT2D eigenvalue weighted by atomic mass is 32.2. The molecule has 20 heavy (non-hydrogen) atoms. The average molecular weight is 293 g/mol. The van der Waals surface area contributed by atoms with Gasteiger partial charge in [-0.1, -0.05) is 5.16 Å². The molecule has 0 saturated carbocycles. The van der Waals surface area contributed by atoms with Crippen molar-refractivity contribution in [3.05, 3.63) is 47.3 Å². The average Bonchev–Trinajstić information content (AvgIpc) is 2.64. The molecule has 0 unspecified atom stereocenters. The van der Waals surface area contributed by atoms with Crippen LogP contribution in [0.15, 0.2) is 40.4 Å². The van der Waals surface area contributed by atoms with Gasteiger partial charge in [0.2, 0.25) is 10.0 Å². The summed E-state index contributed by atoms with van der Waals surface area (Å²) in [6, 6.07) is 8.16. The van der Waals surface area contributed by atoms with E-state index in [2.05, 4.69) is 5.16 Å². The third-order valence-corrected chi connectivity index (χ3v) is 4.02. The van der Waals surface area contributed by atoms with Crippen molar-refractivity contribution in [2.75, 3.05) is 0 Å². The Bertz CT molecular complexity index is 759. The topological polar surface area (TPSA) is 97.7 Å². The second-order valence-electron chi connectivity index (χ2n) is 4.45. The summed E-state index contributed by atoms with van der Waals surface area (Å²) in [6.07, 6.45) is 1.36. The van der Waals surface area contributed by atoms with Crippen LogP contribution in [0, 0.1) is 13.8 Å². The summed E-state index contributed by atoms with van der Waals surface area (Å²) < 4.78 is 24.4. The van der Waals surface area contributed by atoms with Gasteiger partial charge in [-0.05, 0) is 44.2 Å². The molecule has 1 aromatic heterocycles. The zero-order chi connectivity index (χ0) is 14.9. The number of primary sulfonamides is 1. The summed E-state index contributed by atoms with van der Waals surface area (Å²) in [5, 5.41) is 16.7. The van der Waals surface area contributed by atoms with Crippen LogP contribution in [-0.2, 0) is 10.0 Å². The minimum absolute atomic E-state index is 0.0702. The lowest BCUT2D eigenvalue weighted by Gasteiger charge is -2.10. The van der Waals surface area contributed by atoms with E-state index in [1.165, 1.54) is 18.3 Å². The molecule has 0 bridgehead atoms. The van der Waals surface area contributed by atoms with Crippen LogP contribution in [0.5, 0.6) is 0 Å². The molecule has 0 atom stereocenters. The molecule has 0 spiro atoms. The summed E-state index contributed by atoms with van der Waals surface area (Å²) in [7, 11) is -3.69. The van der Waals surface area contributed by atoms with Crippen molar-refractivity contribution >= 4 is 16.2 Å². The minimum atomic E-state index is -3.69. The fourth-order valence-electron chi connectivity index (χ4n) is 2.16. The summed E-state index contributed by atoms with van der Waals surface area (Å²) in [4.78, 5) is 0.0702. The zero-order valence-electron chi connectivity index (χ0n) is 11.1. The molecule has 6 nitrogen and oxygen atoms in total. The number of nitrogens with two attached hydrogens (primary N) is 1. The molecular formula is C13H15N3O3S. The first kappa shape index (κ1) is 14.3. The van der Waals surface area contributed by atoms with E-state index in [1.807, 2.05) is 24.5 Å². The highest BCUT2D eigenvalue weighted by Crippen LogP contribution is 2.21. The van der Waals surface area contributed by atoms with Gasteiger partial charge in [-0.2, -0.15) is 0 Å². The molecule has 0 aliphatic heterocycles. The van der Waals surface area contributed by atoms with Crippen LogP contribution < -0.4 is 5.14 Å². The molecule has 1 aromatic carbocycles. The molecule has 106 valence electrons. The number of oxime groups is 1. The van der Waals surface area contributed by atoms with Crippen LogP contribution in [0.2, 0.25) is 0 Å². The number of sulfonamides is 1. The van der Waals surface area contributed by atoms with Crippen LogP contribution in [0.3, 0.4) is 0 Å². The lowest BCUT2D eigenvalue weighted by atomic mass is 10.2. The predicted molar refractivity (Wildman–Crippen MR) is 76.0 cm³/mol. The molecule has 1 heterocycles. The minimum Gasteiger partial charge on any atom is -0.411 e. The van der Waals surface area contributed by atoms with Gasteiger partial charge in [0.1, 0.15) is 0 Å². The molecule has 2 aromatic rings. The quantitative estimate of drug-likeness (QED) is 0.510. The zero-order valence-corrected chi connectivity index (χ0v) is 11.9. The van der Waals surface area contributed by atoms with Gasteiger partial charge in [0.05, 0.1) is 11.1 Å². The van der Waals surface area contributed by atoms with Crippen molar-refractivity contribution < 1.29 is 13.6 Å². The van der Waals surface area contributed by atoms with Gasteiger partial charge in [0.25, 0.3) is 0 Å². The standard InChI is InChI=1S/C13H15N3O3S/c1-9-7-11(8-15-17)10(2)16(9)12-3-5-13(6-4-12)20(14,18)19/h3-8,17H,1-2H3,(H2,14,18,19)/b15-8-. The molecule has 0 amide bonds. The lowest BCUT2D eigenvalue weighted by Crippen LogP contribution is -2.12. The number of hydrogen-bond donors (Lipinski definition) is 2. The molecule has 0 aliphatic rings. The second kappa shape index (κ2) is 5.10. The maximum absolute atomic E-state index is 11.2. The van der Waals surface area contributed by atoms with E-state index in [0.717, 1.165) is 22.6 Å². The Morgan fingerprint density at radius 2 is 1.85 bits per heavy atom.